The van der Waals surface area contributed by atoms with E-state index in [-0.39, 0.29) is 37.1 Å². The molecule has 1 aliphatic rings. The first-order valence-electron chi connectivity index (χ1n) is 9.85. The second kappa shape index (κ2) is 9.50. The van der Waals surface area contributed by atoms with Gasteiger partial charge in [-0.2, -0.15) is 0 Å². The number of halogens is 2. The van der Waals surface area contributed by atoms with E-state index in [0.717, 1.165) is 5.56 Å². The van der Waals surface area contributed by atoms with Crippen molar-refractivity contribution in [2.75, 3.05) is 5.32 Å². The molecule has 2 aromatic carbocycles. The SMILES string of the molecule is O=C(CC1C(=O)N(Cc2ccc(F)cc2)C(=S)N1Cc1ccco1)Nc1ccc(Cl)cc1. The fourth-order valence-corrected chi connectivity index (χ4v) is 3.95. The van der Waals surface area contributed by atoms with Gasteiger partial charge >= 0.3 is 0 Å². The number of thiocarbonyl (C=S) groups is 1. The molecule has 0 radical (unpaired) electrons. The van der Waals surface area contributed by atoms with Gasteiger partial charge in [-0.15, -0.1) is 0 Å². The summed E-state index contributed by atoms with van der Waals surface area (Å²) >= 11 is 11.5. The van der Waals surface area contributed by atoms with Crippen LogP contribution in [-0.2, 0) is 22.7 Å². The van der Waals surface area contributed by atoms with E-state index >= 15 is 0 Å². The van der Waals surface area contributed by atoms with Gasteiger partial charge in [-0.3, -0.25) is 14.5 Å². The van der Waals surface area contributed by atoms with Crippen LogP contribution >= 0.6 is 23.8 Å². The van der Waals surface area contributed by atoms with E-state index in [4.69, 9.17) is 28.2 Å². The maximum Gasteiger partial charge on any atom is 0.252 e. The van der Waals surface area contributed by atoms with Crippen LogP contribution in [0.4, 0.5) is 10.1 Å². The van der Waals surface area contributed by atoms with Crippen LogP contribution in [0.2, 0.25) is 5.02 Å². The molecule has 2 heterocycles. The number of nitrogens with one attached hydrogen (secondary N) is 1. The van der Waals surface area contributed by atoms with Gasteiger partial charge in [0.15, 0.2) is 5.11 Å². The lowest BCUT2D eigenvalue weighted by molar-refractivity contribution is -0.131. The summed E-state index contributed by atoms with van der Waals surface area (Å²) < 4.78 is 18.7. The Morgan fingerprint density at radius 2 is 1.81 bits per heavy atom. The molecule has 0 bridgehead atoms. The number of rotatable bonds is 7. The van der Waals surface area contributed by atoms with Gasteiger partial charge in [0.25, 0.3) is 5.91 Å². The summed E-state index contributed by atoms with van der Waals surface area (Å²) in [6, 6.07) is 15.3. The van der Waals surface area contributed by atoms with Crippen molar-refractivity contribution in [3.63, 3.8) is 0 Å². The number of benzene rings is 2. The molecule has 1 saturated heterocycles. The van der Waals surface area contributed by atoms with E-state index in [0.29, 0.717) is 21.6 Å². The first-order valence-corrected chi connectivity index (χ1v) is 10.6. The Morgan fingerprint density at radius 1 is 1.09 bits per heavy atom. The summed E-state index contributed by atoms with van der Waals surface area (Å²) in [7, 11) is 0. The number of carbonyl (C=O) groups excluding carboxylic acids is 2. The lowest BCUT2D eigenvalue weighted by Crippen LogP contribution is -2.37. The van der Waals surface area contributed by atoms with Crippen LogP contribution in [0, 0.1) is 5.82 Å². The third-order valence-corrected chi connectivity index (χ3v) is 5.78. The maximum absolute atomic E-state index is 13.3. The van der Waals surface area contributed by atoms with E-state index in [2.05, 4.69) is 5.32 Å². The molecule has 0 spiro atoms. The van der Waals surface area contributed by atoms with Crippen molar-refractivity contribution in [1.29, 1.82) is 0 Å². The monoisotopic (exact) mass is 471 g/mol. The Kier molecular flexibility index (Phi) is 6.53. The number of hydrogen-bond acceptors (Lipinski definition) is 4. The molecule has 164 valence electrons. The van der Waals surface area contributed by atoms with Gasteiger partial charge in [-0.1, -0.05) is 23.7 Å². The molecule has 1 atom stereocenters. The largest absolute Gasteiger partial charge is 0.467 e. The molecular formula is C23H19ClFN3O3S. The number of amides is 2. The molecule has 1 fully saturated rings. The normalized spacial score (nSPS) is 16.0. The first-order chi connectivity index (χ1) is 15.4. The Bertz CT molecular complexity index is 1120. The Hall–Kier alpha value is -3.23. The predicted molar refractivity (Wildman–Crippen MR) is 122 cm³/mol. The quantitative estimate of drug-likeness (QED) is 0.510. The Labute approximate surface area is 194 Å². The Morgan fingerprint density at radius 3 is 2.47 bits per heavy atom. The molecule has 0 aliphatic carbocycles. The van der Waals surface area contributed by atoms with Gasteiger partial charge in [0.1, 0.15) is 17.6 Å². The smallest absolute Gasteiger partial charge is 0.252 e. The predicted octanol–water partition coefficient (Wildman–Crippen LogP) is 4.60. The van der Waals surface area contributed by atoms with Crippen molar-refractivity contribution in [2.45, 2.75) is 25.6 Å². The molecule has 6 nitrogen and oxygen atoms in total. The van der Waals surface area contributed by atoms with Crippen LogP contribution in [-0.4, -0.2) is 32.8 Å². The topological polar surface area (TPSA) is 65.8 Å². The second-order valence-corrected chi connectivity index (χ2v) is 8.12. The molecule has 1 unspecified atom stereocenters. The number of carbonyl (C=O) groups is 2. The summed E-state index contributed by atoms with van der Waals surface area (Å²) in [5.41, 5.74) is 1.31. The Balaban J connectivity index is 1.53. The molecule has 2 amide bonds. The summed E-state index contributed by atoms with van der Waals surface area (Å²) in [6.07, 6.45) is 1.44. The van der Waals surface area contributed by atoms with Crippen molar-refractivity contribution in [3.05, 3.63) is 89.1 Å². The minimum atomic E-state index is -0.791. The van der Waals surface area contributed by atoms with Crippen LogP contribution < -0.4 is 5.32 Å². The summed E-state index contributed by atoms with van der Waals surface area (Å²) in [6.45, 7) is 0.429. The van der Waals surface area contributed by atoms with Crippen LogP contribution in [0.3, 0.4) is 0 Å². The minimum Gasteiger partial charge on any atom is -0.467 e. The van der Waals surface area contributed by atoms with E-state index in [9.17, 15) is 14.0 Å². The van der Waals surface area contributed by atoms with Gasteiger partial charge in [0.05, 0.1) is 25.8 Å². The minimum absolute atomic E-state index is 0.0950. The van der Waals surface area contributed by atoms with Crippen LogP contribution in [0.1, 0.15) is 17.7 Å². The summed E-state index contributed by atoms with van der Waals surface area (Å²) in [5, 5.41) is 3.63. The van der Waals surface area contributed by atoms with Crippen LogP contribution in [0.25, 0.3) is 0 Å². The number of nitrogens with zero attached hydrogens (tertiary/aromatic N) is 2. The average Bonchev–Trinajstić information content (AvgIpc) is 3.36. The second-order valence-electron chi connectivity index (χ2n) is 7.32. The first kappa shape index (κ1) is 22.0. The number of furan rings is 1. The van der Waals surface area contributed by atoms with Gasteiger partial charge in [0, 0.05) is 10.7 Å². The van der Waals surface area contributed by atoms with Crippen molar-refractivity contribution in [1.82, 2.24) is 9.80 Å². The molecule has 1 aliphatic heterocycles. The molecule has 3 aromatic rings. The molecule has 32 heavy (non-hydrogen) atoms. The zero-order valence-corrected chi connectivity index (χ0v) is 18.4. The van der Waals surface area contributed by atoms with Crippen molar-refractivity contribution < 1.29 is 18.4 Å². The molecule has 9 heteroatoms. The van der Waals surface area contributed by atoms with E-state index in [1.165, 1.54) is 23.3 Å². The van der Waals surface area contributed by atoms with Gasteiger partial charge in [-0.25, -0.2) is 4.39 Å². The van der Waals surface area contributed by atoms with E-state index in [1.54, 1.807) is 53.4 Å². The molecular weight excluding hydrogens is 453 g/mol. The fraction of sp³-hybridized carbons (Fsp3) is 0.174. The van der Waals surface area contributed by atoms with E-state index < -0.39 is 6.04 Å². The molecule has 1 N–H and O–H groups in total. The number of anilines is 1. The highest BCUT2D eigenvalue weighted by atomic mass is 35.5. The molecule has 0 saturated carbocycles. The van der Waals surface area contributed by atoms with Crippen molar-refractivity contribution in [2.24, 2.45) is 0 Å². The van der Waals surface area contributed by atoms with Gasteiger partial charge in [0.2, 0.25) is 5.91 Å². The lowest BCUT2D eigenvalue weighted by Gasteiger charge is -2.22. The average molecular weight is 472 g/mol. The van der Waals surface area contributed by atoms with Crippen molar-refractivity contribution in [3.8, 4) is 0 Å². The van der Waals surface area contributed by atoms with Crippen molar-refractivity contribution >= 4 is 46.4 Å². The highest BCUT2D eigenvalue weighted by Crippen LogP contribution is 2.26. The fourth-order valence-electron chi connectivity index (χ4n) is 3.48. The summed E-state index contributed by atoms with van der Waals surface area (Å²) in [4.78, 5) is 29.1. The number of hydrogen-bond donors (Lipinski definition) is 1. The third kappa shape index (κ3) is 4.98. The van der Waals surface area contributed by atoms with Crippen LogP contribution in [0.5, 0.6) is 0 Å². The lowest BCUT2D eigenvalue weighted by atomic mass is 10.1. The zero-order valence-electron chi connectivity index (χ0n) is 16.8. The summed E-state index contributed by atoms with van der Waals surface area (Å²) in [5.74, 6) is -0.370. The standard InChI is InChI=1S/C23H19ClFN3O3S/c24-16-5-9-18(10-6-16)26-21(29)12-20-22(30)28(13-15-3-7-17(25)8-4-15)23(32)27(20)14-19-2-1-11-31-19/h1-11,20H,12-14H2,(H,26,29). The third-order valence-electron chi connectivity index (χ3n) is 5.07. The van der Waals surface area contributed by atoms with E-state index in [1.807, 2.05) is 0 Å². The molecule has 4 rings (SSSR count). The molecule has 1 aromatic heterocycles. The van der Waals surface area contributed by atoms with Gasteiger partial charge < -0.3 is 14.6 Å². The highest BCUT2D eigenvalue weighted by Gasteiger charge is 2.43. The highest BCUT2D eigenvalue weighted by molar-refractivity contribution is 7.80. The van der Waals surface area contributed by atoms with Gasteiger partial charge in [-0.05, 0) is 66.3 Å². The van der Waals surface area contributed by atoms with Crippen LogP contribution in [0.15, 0.2) is 71.3 Å². The zero-order chi connectivity index (χ0) is 22.7. The maximum atomic E-state index is 13.3.